The van der Waals surface area contributed by atoms with Crippen molar-refractivity contribution in [1.82, 2.24) is 4.90 Å². The molecule has 0 fully saturated rings. The number of nitrogen functional groups attached to an aromatic ring is 1. The minimum atomic E-state index is 0.231. The smallest absolute Gasteiger partial charge is 0.223 e. The third-order valence-corrected chi connectivity index (χ3v) is 3.31. The van der Waals surface area contributed by atoms with Crippen molar-refractivity contribution in [1.29, 1.82) is 0 Å². The summed E-state index contributed by atoms with van der Waals surface area (Å²) in [5, 5.41) is 0. The lowest BCUT2D eigenvalue weighted by molar-refractivity contribution is -0.131. The van der Waals surface area contributed by atoms with Crippen LogP contribution in [0.3, 0.4) is 0 Å². The zero-order valence-corrected chi connectivity index (χ0v) is 12.5. The number of hydrogen-bond donors (Lipinski definition) is 1. The summed E-state index contributed by atoms with van der Waals surface area (Å²) in [4.78, 5) is 14.2. The second-order valence-electron chi connectivity index (χ2n) is 5.60. The summed E-state index contributed by atoms with van der Waals surface area (Å²) >= 11 is 0. The average Bonchev–Trinajstić information content (AvgIpc) is 2.36. The largest absolute Gasteiger partial charge is 0.399 e. The van der Waals surface area contributed by atoms with Gasteiger partial charge in [0.25, 0.3) is 0 Å². The van der Waals surface area contributed by atoms with E-state index in [0.717, 1.165) is 18.8 Å². The first kappa shape index (κ1) is 15.5. The molecule has 0 aromatic heterocycles. The maximum absolute atomic E-state index is 12.3. The van der Waals surface area contributed by atoms with Gasteiger partial charge >= 0.3 is 0 Å². The Bertz CT molecular complexity index is 398. The molecule has 106 valence electrons. The van der Waals surface area contributed by atoms with Gasteiger partial charge in [-0.3, -0.25) is 4.79 Å². The van der Waals surface area contributed by atoms with Gasteiger partial charge in [0, 0.05) is 25.2 Å². The van der Waals surface area contributed by atoms with Crippen LogP contribution in [0.5, 0.6) is 0 Å². The standard InChI is InChI=1S/C16H26N2O/c1-5-18(11-12(2)3)16(19)10-13(4)14-6-8-15(17)9-7-14/h6-9,12-13H,5,10-11,17H2,1-4H3. The molecule has 3 nitrogen and oxygen atoms in total. The second-order valence-corrected chi connectivity index (χ2v) is 5.60. The minimum Gasteiger partial charge on any atom is -0.399 e. The molecular weight excluding hydrogens is 236 g/mol. The summed E-state index contributed by atoms with van der Waals surface area (Å²) in [6.07, 6.45) is 0.560. The predicted molar refractivity (Wildman–Crippen MR) is 81.0 cm³/mol. The molecular formula is C16H26N2O. The third kappa shape index (κ3) is 4.93. The molecule has 1 unspecified atom stereocenters. The van der Waals surface area contributed by atoms with Gasteiger partial charge < -0.3 is 10.6 Å². The number of carbonyl (C=O) groups is 1. The molecule has 1 atom stereocenters. The van der Waals surface area contributed by atoms with E-state index in [-0.39, 0.29) is 11.8 Å². The highest BCUT2D eigenvalue weighted by Gasteiger charge is 2.17. The molecule has 3 heteroatoms. The van der Waals surface area contributed by atoms with Gasteiger partial charge in [-0.2, -0.15) is 0 Å². The van der Waals surface area contributed by atoms with E-state index in [1.807, 2.05) is 36.1 Å². The lowest BCUT2D eigenvalue weighted by Crippen LogP contribution is -2.34. The highest BCUT2D eigenvalue weighted by molar-refractivity contribution is 5.77. The van der Waals surface area contributed by atoms with E-state index in [0.29, 0.717) is 12.3 Å². The molecule has 0 aliphatic rings. The first-order valence-corrected chi connectivity index (χ1v) is 7.07. The molecule has 0 radical (unpaired) electrons. The van der Waals surface area contributed by atoms with Gasteiger partial charge in [-0.1, -0.05) is 32.9 Å². The number of rotatable bonds is 6. The van der Waals surface area contributed by atoms with Gasteiger partial charge in [0.15, 0.2) is 0 Å². The van der Waals surface area contributed by atoms with E-state index in [2.05, 4.69) is 20.8 Å². The number of nitrogens with zero attached hydrogens (tertiary/aromatic N) is 1. The van der Waals surface area contributed by atoms with E-state index < -0.39 is 0 Å². The Morgan fingerprint density at radius 3 is 2.26 bits per heavy atom. The van der Waals surface area contributed by atoms with Gasteiger partial charge in [0.05, 0.1) is 0 Å². The highest BCUT2D eigenvalue weighted by Crippen LogP contribution is 2.21. The lowest BCUT2D eigenvalue weighted by Gasteiger charge is -2.24. The number of hydrogen-bond acceptors (Lipinski definition) is 2. The number of amides is 1. The molecule has 0 saturated heterocycles. The zero-order valence-electron chi connectivity index (χ0n) is 12.5. The fraction of sp³-hybridized carbons (Fsp3) is 0.562. The van der Waals surface area contributed by atoms with Crippen LogP contribution in [0.2, 0.25) is 0 Å². The van der Waals surface area contributed by atoms with Crippen LogP contribution in [0.1, 0.15) is 45.6 Å². The van der Waals surface area contributed by atoms with E-state index in [1.165, 1.54) is 5.56 Å². The SMILES string of the molecule is CCN(CC(C)C)C(=O)CC(C)c1ccc(N)cc1. The minimum absolute atomic E-state index is 0.231. The summed E-state index contributed by atoms with van der Waals surface area (Å²) in [7, 11) is 0. The predicted octanol–water partition coefficient (Wildman–Crippen LogP) is 3.27. The van der Waals surface area contributed by atoms with Crippen molar-refractivity contribution in [3.63, 3.8) is 0 Å². The molecule has 0 bridgehead atoms. The zero-order chi connectivity index (χ0) is 14.4. The Hall–Kier alpha value is -1.51. The van der Waals surface area contributed by atoms with Crippen LogP contribution in [0, 0.1) is 5.92 Å². The van der Waals surface area contributed by atoms with Crippen molar-refractivity contribution in [2.24, 2.45) is 5.92 Å². The first-order valence-electron chi connectivity index (χ1n) is 7.07. The quantitative estimate of drug-likeness (QED) is 0.800. The Kier molecular flexibility index (Phi) is 5.87. The van der Waals surface area contributed by atoms with E-state index in [4.69, 9.17) is 5.73 Å². The molecule has 1 aromatic rings. The number of benzene rings is 1. The molecule has 19 heavy (non-hydrogen) atoms. The van der Waals surface area contributed by atoms with E-state index in [9.17, 15) is 4.79 Å². The Balaban J connectivity index is 2.62. The van der Waals surface area contributed by atoms with Crippen molar-refractivity contribution < 1.29 is 4.79 Å². The third-order valence-electron chi connectivity index (χ3n) is 3.31. The van der Waals surface area contributed by atoms with Crippen molar-refractivity contribution in [2.45, 2.75) is 40.0 Å². The highest BCUT2D eigenvalue weighted by atomic mass is 16.2. The van der Waals surface area contributed by atoms with Crippen LogP contribution in [0.15, 0.2) is 24.3 Å². The molecule has 0 saturated carbocycles. The molecule has 0 heterocycles. The van der Waals surface area contributed by atoms with Crippen molar-refractivity contribution >= 4 is 11.6 Å². The first-order chi connectivity index (χ1) is 8.93. The number of carbonyl (C=O) groups excluding carboxylic acids is 1. The normalized spacial score (nSPS) is 12.5. The van der Waals surface area contributed by atoms with Crippen molar-refractivity contribution in [2.75, 3.05) is 18.8 Å². The Morgan fingerprint density at radius 1 is 1.21 bits per heavy atom. The lowest BCUT2D eigenvalue weighted by atomic mass is 9.97. The summed E-state index contributed by atoms with van der Waals surface area (Å²) in [6.45, 7) is 10.0. The van der Waals surface area contributed by atoms with Crippen LogP contribution >= 0.6 is 0 Å². The van der Waals surface area contributed by atoms with Gasteiger partial charge in [-0.25, -0.2) is 0 Å². The maximum atomic E-state index is 12.3. The van der Waals surface area contributed by atoms with Gasteiger partial charge in [-0.15, -0.1) is 0 Å². The topological polar surface area (TPSA) is 46.3 Å². The van der Waals surface area contributed by atoms with Gasteiger partial charge in [-0.05, 0) is 36.5 Å². The Morgan fingerprint density at radius 2 is 1.79 bits per heavy atom. The summed E-state index contributed by atoms with van der Waals surface area (Å²) in [5.41, 5.74) is 7.61. The van der Waals surface area contributed by atoms with E-state index in [1.54, 1.807) is 0 Å². The summed E-state index contributed by atoms with van der Waals surface area (Å²) in [5.74, 6) is 0.977. The van der Waals surface area contributed by atoms with Crippen molar-refractivity contribution in [3.05, 3.63) is 29.8 Å². The second kappa shape index (κ2) is 7.17. The number of nitrogens with two attached hydrogens (primary N) is 1. The van der Waals surface area contributed by atoms with Crippen molar-refractivity contribution in [3.8, 4) is 0 Å². The average molecular weight is 262 g/mol. The Labute approximate surface area is 116 Å². The summed E-state index contributed by atoms with van der Waals surface area (Å²) < 4.78 is 0. The van der Waals surface area contributed by atoms with Crippen LogP contribution in [0.25, 0.3) is 0 Å². The van der Waals surface area contributed by atoms with Crippen LogP contribution in [-0.2, 0) is 4.79 Å². The molecule has 1 rings (SSSR count). The molecule has 0 spiro atoms. The number of anilines is 1. The summed E-state index contributed by atoms with van der Waals surface area (Å²) in [6, 6.07) is 7.79. The fourth-order valence-corrected chi connectivity index (χ4v) is 2.18. The van der Waals surface area contributed by atoms with Gasteiger partial charge in [0.2, 0.25) is 5.91 Å². The molecule has 0 aliphatic heterocycles. The van der Waals surface area contributed by atoms with Crippen LogP contribution in [0.4, 0.5) is 5.69 Å². The molecule has 1 amide bonds. The van der Waals surface area contributed by atoms with Crippen LogP contribution < -0.4 is 5.73 Å². The van der Waals surface area contributed by atoms with Gasteiger partial charge in [0.1, 0.15) is 0 Å². The molecule has 1 aromatic carbocycles. The van der Waals surface area contributed by atoms with E-state index >= 15 is 0 Å². The van der Waals surface area contributed by atoms with Crippen LogP contribution in [-0.4, -0.2) is 23.9 Å². The molecule has 0 aliphatic carbocycles. The maximum Gasteiger partial charge on any atom is 0.223 e. The molecule has 2 N–H and O–H groups in total. The monoisotopic (exact) mass is 262 g/mol. The fourth-order valence-electron chi connectivity index (χ4n) is 2.18.